The first-order valence-corrected chi connectivity index (χ1v) is 6.23. The average Bonchev–Trinajstić information content (AvgIpc) is 2.71. The molecule has 0 aromatic carbocycles. The molecular weight excluding hydrogens is 268 g/mol. The Bertz CT molecular complexity index is 544. The van der Waals surface area contributed by atoms with Crippen molar-refractivity contribution in [1.29, 1.82) is 0 Å². The van der Waals surface area contributed by atoms with Crippen LogP contribution in [0.2, 0.25) is 0 Å². The number of halogens is 2. The third-order valence-electron chi connectivity index (χ3n) is 3.49. The quantitative estimate of drug-likeness (QED) is 0.879. The van der Waals surface area contributed by atoms with E-state index in [0.717, 1.165) is 0 Å². The number of aromatic nitrogens is 1. The zero-order chi connectivity index (χ0) is 15.1. The van der Waals surface area contributed by atoms with Crippen LogP contribution in [0.5, 0.6) is 0 Å². The van der Waals surface area contributed by atoms with Gasteiger partial charge in [-0.2, -0.15) is 0 Å². The van der Waals surface area contributed by atoms with E-state index < -0.39 is 36.1 Å². The Labute approximate surface area is 115 Å². The zero-order valence-electron chi connectivity index (χ0n) is 11.6. The van der Waals surface area contributed by atoms with Gasteiger partial charge in [0, 0.05) is 38.8 Å². The molecule has 20 heavy (non-hydrogen) atoms. The molecule has 1 heterocycles. The highest BCUT2D eigenvalue weighted by molar-refractivity contribution is 6.00. The molecule has 2 amide bonds. The van der Waals surface area contributed by atoms with Crippen molar-refractivity contribution in [2.45, 2.75) is 31.2 Å². The van der Waals surface area contributed by atoms with Gasteiger partial charge in [0.2, 0.25) is 5.91 Å². The molecule has 110 valence electrons. The third-order valence-corrected chi connectivity index (χ3v) is 3.49. The van der Waals surface area contributed by atoms with E-state index in [1.165, 1.54) is 19.0 Å². The maximum Gasteiger partial charge on any atom is 0.253 e. The van der Waals surface area contributed by atoms with Crippen LogP contribution in [-0.2, 0) is 4.79 Å². The minimum atomic E-state index is -2.91. The molecule has 0 aliphatic heterocycles. The number of hydrogen-bond donors (Lipinski definition) is 2. The summed E-state index contributed by atoms with van der Waals surface area (Å²) in [5.74, 6) is -3.94. The van der Waals surface area contributed by atoms with E-state index in [1.54, 1.807) is 19.2 Å². The van der Waals surface area contributed by atoms with Crippen LogP contribution in [0.3, 0.4) is 0 Å². The predicted molar refractivity (Wildman–Crippen MR) is 68.6 cm³/mol. The molecule has 0 bridgehead atoms. The summed E-state index contributed by atoms with van der Waals surface area (Å²) in [6.07, 6.45) is 0.262. The number of aromatic amines is 1. The molecular formula is C13H17F2N3O2. The molecule has 1 aliphatic rings. The molecule has 0 atom stereocenters. The van der Waals surface area contributed by atoms with E-state index in [0.29, 0.717) is 11.3 Å². The van der Waals surface area contributed by atoms with E-state index >= 15 is 0 Å². The van der Waals surface area contributed by atoms with Crippen molar-refractivity contribution in [3.63, 3.8) is 0 Å². The Kier molecular flexibility index (Phi) is 3.31. The van der Waals surface area contributed by atoms with Crippen molar-refractivity contribution in [1.82, 2.24) is 15.2 Å². The van der Waals surface area contributed by atoms with Gasteiger partial charge in [-0.1, -0.05) is 0 Å². The number of aryl methyl sites for hydroxylation is 1. The molecule has 2 rings (SSSR count). The van der Waals surface area contributed by atoms with Gasteiger partial charge in [0.05, 0.1) is 5.56 Å². The van der Waals surface area contributed by atoms with E-state index in [-0.39, 0.29) is 0 Å². The van der Waals surface area contributed by atoms with Crippen molar-refractivity contribution in [2.24, 2.45) is 0 Å². The van der Waals surface area contributed by atoms with Crippen LogP contribution >= 0.6 is 0 Å². The summed E-state index contributed by atoms with van der Waals surface area (Å²) in [7, 11) is 2.96. The first-order valence-electron chi connectivity index (χ1n) is 6.23. The molecule has 0 saturated heterocycles. The second-order valence-electron chi connectivity index (χ2n) is 5.46. The number of likely N-dealkylation sites (N-methyl/N-ethyl adjacent to an activating group) is 1. The van der Waals surface area contributed by atoms with E-state index in [4.69, 9.17) is 0 Å². The van der Waals surface area contributed by atoms with Crippen LogP contribution in [0.4, 0.5) is 8.78 Å². The smallest absolute Gasteiger partial charge is 0.253 e. The normalized spacial score (nSPS) is 19.1. The minimum absolute atomic E-state index is 0.353. The van der Waals surface area contributed by atoms with Gasteiger partial charge in [-0.05, 0) is 13.0 Å². The number of nitrogens with one attached hydrogen (secondary N) is 2. The van der Waals surface area contributed by atoms with Gasteiger partial charge in [-0.15, -0.1) is 0 Å². The van der Waals surface area contributed by atoms with Gasteiger partial charge < -0.3 is 15.2 Å². The lowest BCUT2D eigenvalue weighted by molar-refractivity contribution is -0.167. The lowest BCUT2D eigenvalue weighted by atomic mass is 9.72. The lowest BCUT2D eigenvalue weighted by Crippen LogP contribution is -2.69. The summed E-state index contributed by atoms with van der Waals surface area (Å²) in [4.78, 5) is 28.3. The fourth-order valence-corrected chi connectivity index (χ4v) is 2.54. The topological polar surface area (TPSA) is 65.2 Å². The van der Waals surface area contributed by atoms with Gasteiger partial charge in [0.15, 0.2) is 0 Å². The highest BCUT2D eigenvalue weighted by atomic mass is 19.3. The summed E-state index contributed by atoms with van der Waals surface area (Å²) in [6, 6.07) is 1.55. The molecule has 1 aromatic rings. The van der Waals surface area contributed by atoms with Crippen LogP contribution in [0, 0.1) is 6.92 Å². The van der Waals surface area contributed by atoms with Gasteiger partial charge in [-0.25, -0.2) is 8.78 Å². The Balaban J connectivity index is 2.20. The van der Waals surface area contributed by atoms with E-state index in [2.05, 4.69) is 10.3 Å². The Morgan fingerprint density at radius 1 is 1.35 bits per heavy atom. The van der Waals surface area contributed by atoms with Gasteiger partial charge in [0.25, 0.3) is 11.8 Å². The second kappa shape index (κ2) is 4.57. The van der Waals surface area contributed by atoms with Crippen LogP contribution in [0.15, 0.2) is 12.3 Å². The van der Waals surface area contributed by atoms with Crippen molar-refractivity contribution >= 4 is 11.8 Å². The van der Waals surface area contributed by atoms with E-state index in [9.17, 15) is 18.4 Å². The number of rotatable bonds is 3. The van der Waals surface area contributed by atoms with Crippen LogP contribution in [-0.4, -0.2) is 47.3 Å². The molecule has 1 fully saturated rings. The van der Waals surface area contributed by atoms with Gasteiger partial charge in [0.1, 0.15) is 5.54 Å². The summed E-state index contributed by atoms with van der Waals surface area (Å²) in [5, 5.41) is 2.48. The Hall–Kier alpha value is -1.92. The SMILES string of the molecule is Cc1[nH]ccc1C(=O)NC1(C(=O)N(C)C)CC(F)(F)C1. The number of carbonyl (C=O) groups is 2. The lowest BCUT2D eigenvalue weighted by Gasteiger charge is -2.47. The number of H-pyrrole nitrogens is 1. The fraction of sp³-hybridized carbons (Fsp3) is 0.538. The van der Waals surface area contributed by atoms with Crippen molar-refractivity contribution in [3.05, 3.63) is 23.5 Å². The van der Waals surface area contributed by atoms with Crippen molar-refractivity contribution in [2.75, 3.05) is 14.1 Å². The molecule has 1 aliphatic carbocycles. The average molecular weight is 285 g/mol. The molecule has 0 unspecified atom stereocenters. The molecule has 0 radical (unpaired) electrons. The largest absolute Gasteiger partial charge is 0.365 e. The highest BCUT2D eigenvalue weighted by Gasteiger charge is 2.62. The monoisotopic (exact) mass is 285 g/mol. The Morgan fingerprint density at radius 2 is 1.95 bits per heavy atom. The van der Waals surface area contributed by atoms with Crippen LogP contribution in [0.1, 0.15) is 28.9 Å². The van der Waals surface area contributed by atoms with Crippen LogP contribution in [0.25, 0.3) is 0 Å². The fourth-order valence-electron chi connectivity index (χ4n) is 2.54. The number of hydrogen-bond acceptors (Lipinski definition) is 2. The molecule has 7 heteroatoms. The summed E-state index contributed by atoms with van der Waals surface area (Å²) >= 11 is 0. The Morgan fingerprint density at radius 3 is 2.35 bits per heavy atom. The number of amides is 2. The maximum absolute atomic E-state index is 13.2. The van der Waals surface area contributed by atoms with Crippen LogP contribution < -0.4 is 5.32 Å². The molecule has 1 saturated carbocycles. The van der Waals surface area contributed by atoms with Crippen molar-refractivity contribution in [3.8, 4) is 0 Å². The number of alkyl halides is 2. The van der Waals surface area contributed by atoms with Gasteiger partial charge >= 0.3 is 0 Å². The molecule has 0 spiro atoms. The second-order valence-corrected chi connectivity index (χ2v) is 5.46. The molecule has 1 aromatic heterocycles. The maximum atomic E-state index is 13.2. The summed E-state index contributed by atoms with van der Waals surface area (Å²) in [6.45, 7) is 1.70. The minimum Gasteiger partial charge on any atom is -0.365 e. The summed E-state index contributed by atoms with van der Waals surface area (Å²) in [5.41, 5.74) is -0.527. The first kappa shape index (κ1) is 14.5. The van der Waals surface area contributed by atoms with Gasteiger partial charge in [-0.3, -0.25) is 9.59 Å². The van der Waals surface area contributed by atoms with Crippen molar-refractivity contribution < 1.29 is 18.4 Å². The number of carbonyl (C=O) groups excluding carboxylic acids is 2. The van der Waals surface area contributed by atoms with E-state index in [1.807, 2.05) is 0 Å². The summed E-state index contributed by atoms with van der Waals surface area (Å²) < 4.78 is 26.4. The number of nitrogens with zero attached hydrogens (tertiary/aromatic N) is 1. The molecule has 2 N–H and O–H groups in total. The highest BCUT2D eigenvalue weighted by Crippen LogP contribution is 2.46. The molecule has 5 nitrogen and oxygen atoms in total. The zero-order valence-corrected chi connectivity index (χ0v) is 11.6. The predicted octanol–water partition coefficient (Wildman–Crippen LogP) is 1.31. The third kappa shape index (κ3) is 2.39. The first-order chi connectivity index (χ1) is 9.17. The standard InChI is InChI=1S/C13H17F2N3O2/c1-8-9(4-5-16-8)10(19)17-12(11(20)18(2)3)6-13(14,15)7-12/h4-5,16H,6-7H2,1-3H3,(H,17,19).